The van der Waals surface area contributed by atoms with Crippen LogP contribution in [-0.2, 0) is 16.6 Å². The summed E-state index contributed by atoms with van der Waals surface area (Å²) in [6.07, 6.45) is 3.66. The second-order valence-corrected chi connectivity index (χ2v) is 7.29. The number of esters is 1. The van der Waals surface area contributed by atoms with Crippen molar-refractivity contribution < 1.29 is 14.3 Å². The molecule has 8 nitrogen and oxygen atoms in total. The third-order valence-electron chi connectivity index (χ3n) is 5.45. The number of ether oxygens (including phenoxy) is 1. The fourth-order valence-electron chi connectivity index (χ4n) is 3.99. The Balaban J connectivity index is 1.46. The summed E-state index contributed by atoms with van der Waals surface area (Å²) in [6, 6.07) is 1.76. The average molecular weight is 357 g/mol. The number of nitrogens with one attached hydrogen (secondary N) is 2. The zero-order chi connectivity index (χ0) is 18.3. The Morgan fingerprint density at radius 1 is 1.46 bits per heavy atom. The van der Waals surface area contributed by atoms with Crippen LogP contribution in [0.1, 0.15) is 35.3 Å². The number of aromatic nitrogens is 3. The average Bonchev–Trinajstić information content (AvgIpc) is 3.14. The molecule has 2 aliphatic rings. The molecule has 4 rings (SSSR count). The highest BCUT2D eigenvalue weighted by molar-refractivity contribution is 6.05. The molecule has 1 amide bonds. The number of carbonyl (C=O) groups excluding carboxylic acids is 2. The highest BCUT2D eigenvalue weighted by Crippen LogP contribution is 2.41. The number of nitrogens with zero attached hydrogens (tertiary/aromatic N) is 3. The van der Waals surface area contributed by atoms with Crippen LogP contribution in [0.2, 0.25) is 0 Å². The molecule has 2 aromatic rings. The monoisotopic (exact) mass is 357 g/mol. The van der Waals surface area contributed by atoms with Crippen LogP contribution in [0.3, 0.4) is 0 Å². The van der Waals surface area contributed by atoms with Crippen LogP contribution in [0.15, 0.2) is 12.3 Å². The van der Waals surface area contributed by atoms with Gasteiger partial charge in [0.2, 0.25) is 0 Å². The first-order valence-electron chi connectivity index (χ1n) is 8.98. The minimum absolute atomic E-state index is 0.118. The van der Waals surface area contributed by atoms with Crippen molar-refractivity contribution in [3.05, 3.63) is 23.5 Å². The van der Waals surface area contributed by atoms with Crippen molar-refractivity contribution >= 4 is 22.9 Å². The molecule has 8 heteroatoms. The third kappa shape index (κ3) is 2.84. The fraction of sp³-hybridized carbons (Fsp3) is 0.556. The van der Waals surface area contributed by atoms with E-state index in [1.165, 1.54) is 0 Å². The molecule has 0 aliphatic carbocycles. The molecule has 2 fully saturated rings. The Labute approximate surface area is 151 Å². The Bertz CT molecular complexity index is 869. The minimum Gasteiger partial charge on any atom is -0.460 e. The zero-order valence-corrected chi connectivity index (χ0v) is 15.0. The zero-order valence-electron chi connectivity index (χ0n) is 15.0. The number of amides is 1. The van der Waals surface area contributed by atoms with Gasteiger partial charge in [0.15, 0.2) is 5.65 Å². The van der Waals surface area contributed by atoms with Crippen LogP contribution in [0.4, 0.5) is 0 Å². The van der Waals surface area contributed by atoms with Crippen LogP contribution in [0.5, 0.6) is 0 Å². The molecule has 4 heterocycles. The number of piperidine rings is 1. The maximum Gasteiger partial charge on any atom is 0.312 e. The number of cyclic esters (lactones) is 1. The number of aryl methyl sites for hydroxylation is 2. The first-order chi connectivity index (χ1) is 12.5. The van der Waals surface area contributed by atoms with Gasteiger partial charge in [0.05, 0.1) is 29.1 Å². The molecule has 2 aliphatic heterocycles. The van der Waals surface area contributed by atoms with E-state index in [9.17, 15) is 9.59 Å². The van der Waals surface area contributed by atoms with Crippen LogP contribution in [0.25, 0.3) is 11.0 Å². The van der Waals surface area contributed by atoms with Gasteiger partial charge in [0.25, 0.3) is 5.91 Å². The van der Waals surface area contributed by atoms with Crippen LogP contribution < -0.4 is 10.6 Å². The minimum atomic E-state index is -0.371. The lowest BCUT2D eigenvalue weighted by atomic mass is 9.76. The number of pyridine rings is 1. The summed E-state index contributed by atoms with van der Waals surface area (Å²) in [6.45, 7) is 3.85. The van der Waals surface area contributed by atoms with E-state index in [0.717, 1.165) is 31.6 Å². The van der Waals surface area contributed by atoms with Gasteiger partial charge in [0.1, 0.15) is 6.10 Å². The quantitative estimate of drug-likeness (QED) is 0.785. The molecule has 1 spiro atoms. The first-order valence-corrected chi connectivity index (χ1v) is 8.98. The Morgan fingerprint density at radius 2 is 2.23 bits per heavy atom. The van der Waals surface area contributed by atoms with E-state index in [1.807, 2.05) is 6.92 Å². The van der Waals surface area contributed by atoms with Crippen LogP contribution in [-0.4, -0.2) is 52.4 Å². The number of hydrogen-bond acceptors (Lipinski definition) is 6. The Hall–Kier alpha value is -2.48. The lowest BCUT2D eigenvalue weighted by molar-refractivity contribution is -0.149. The largest absolute Gasteiger partial charge is 0.460 e. The van der Waals surface area contributed by atoms with E-state index >= 15 is 0 Å². The van der Waals surface area contributed by atoms with Crippen molar-refractivity contribution in [3.63, 3.8) is 0 Å². The van der Waals surface area contributed by atoms with Gasteiger partial charge in [0, 0.05) is 19.2 Å². The van der Waals surface area contributed by atoms with Gasteiger partial charge in [-0.3, -0.25) is 14.3 Å². The molecule has 26 heavy (non-hydrogen) atoms. The highest BCUT2D eigenvalue weighted by Gasteiger charge is 2.49. The molecule has 2 N–H and O–H groups in total. The molecule has 1 unspecified atom stereocenters. The molecular weight excluding hydrogens is 334 g/mol. The van der Waals surface area contributed by atoms with E-state index in [2.05, 4.69) is 20.7 Å². The van der Waals surface area contributed by atoms with Crippen molar-refractivity contribution in [2.75, 3.05) is 19.6 Å². The maximum absolute atomic E-state index is 12.7. The molecule has 1 atom stereocenters. The number of carbonyl (C=O) groups is 2. The summed E-state index contributed by atoms with van der Waals surface area (Å²) in [7, 11) is 1.80. The third-order valence-corrected chi connectivity index (χ3v) is 5.45. The molecule has 138 valence electrons. The highest BCUT2D eigenvalue weighted by atomic mass is 16.6. The molecule has 0 bridgehead atoms. The lowest BCUT2D eigenvalue weighted by Crippen LogP contribution is -2.39. The summed E-state index contributed by atoms with van der Waals surface area (Å²) in [4.78, 5) is 29.4. The van der Waals surface area contributed by atoms with Crippen molar-refractivity contribution in [1.29, 1.82) is 0 Å². The second-order valence-electron chi connectivity index (χ2n) is 7.29. The summed E-state index contributed by atoms with van der Waals surface area (Å²) in [5.41, 5.74) is 1.61. The topological polar surface area (TPSA) is 98.1 Å². The van der Waals surface area contributed by atoms with E-state index in [0.29, 0.717) is 29.6 Å². The summed E-state index contributed by atoms with van der Waals surface area (Å²) >= 11 is 0. The molecule has 0 aromatic carbocycles. The predicted octanol–water partition coefficient (Wildman–Crippen LogP) is 0.692. The van der Waals surface area contributed by atoms with Crippen molar-refractivity contribution in [2.45, 2.75) is 32.3 Å². The van der Waals surface area contributed by atoms with Gasteiger partial charge >= 0.3 is 5.97 Å². The van der Waals surface area contributed by atoms with Gasteiger partial charge in [-0.2, -0.15) is 5.10 Å². The lowest BCUT2D eigenvalue weighted by Gasteiger charge is -2.29. The van der Waals surface area contributed by atoms with E-state index < -0.39 is 0 Å². The number of rotatable bonds is 3. The molecule has 2 aromatic heterocycles. The molecule has 0 saturated carbocycles. The summed E-state index contributed by atoms with van der Waals surface area (Å²) in [5, 5.41) is 11.1. The van der Waals surface area contributed by atoms with Crippen molar-refractivity contribution in [3.8, 4) is 0 Å². The van der Waals surface area contributed by atoms with E-state index in [1.54, 1.807) is 24.0 Å². The molecule has 0 radical (unpaired) electrons. The number of hydrogen-bond donors (Lipinski definition) is 2. The van der Waals surface area contributed by atoms with Gasteiger partial charge in [-0.25, -0.2) is 4.98 Å². The Kier molecular flexibility index (Phi) is 4.14. The maximum atomic E-state index is 12.7. The van der Waals surface area contributed by atoms with Gasteiger partial charge < -0.3 is 15.4 Å². The van der Waals surface area contributed by atoms with E-state index in [-0.39, 0.29) is 23.4 Å². The van der Waals surface area contributed by atoms with E-state index in [4.69, 9.17) is 4.74 Å². The second kappa shape index (κ2) is 6.35. The van der Waals surface area contributed by atoms with Crippen LogP contribution >= 0.6 is 0 Å². The fourth-order valence-corrected chi connectivity index (χ4v) is 3.99. The molecule has 2 saturated heterocycles. The molecular formula is C18H23N5O3. The summed E-state index contributed by atoms with van der Waals surface area (Å²) < 4.78 is 7.20. The summed E-state index contributed by atoms with van der Waals surface area (Å²) in [5.74, 6) is -0.316. The SMILES string of the molecule is Cc1cc(C(=O)NCC2CC3(CCNCC3)C(=O)O2)c2cnn(C)c2n1. The number of fused-ring (bicyclic) bond motifs is 1. The van der Waals surface area contributed by atoms with Gasteiger partial charge in [-0.05, 0) is 38.9 Å². The van der Waals surface area contributed by atoms with Crippen molar-refractivity contribution in [1.82, 2.24) is 25.4 Å². The van der Waals surface area contributed by atoms with Gasteiger partial charge in [-0.15, -0.1) is 0 Å². The normalized spacial score (nSPS) is 21.9. The van der Waals surface area contributed by atoms with Gasteiger partial charge in [-0.1, -0.05) is 0 Å². The van der Waals surface area contributed by atoms with Crippen LogP contribution in [0, 0.1) is 12.3 Å². The smallest absolute Gasteiger partial charge is 0.312 e. The van der Waals surface area contributed by atoms with Crippen molar-refractivity contribution in [2.24, 2.45) is 12.5 Å². The predicted molar refractivity (Wildman–Crippen MR) is 94.6 cm³/mol. The standard InChI is InChI=1S/C18H23N5O3/c1-11-7-13(14-10-21-23(2)15(14)22-11)16(24)20-9-12-8-18(17(25)26-12)3-5-19-6-4-18/h7,10,12,19H,3-6,8-9H2,1-2H3,(H,20,24). The first kappa shape index (κ1) is 17.0. The Morgan fingerprint density at radius 3 is 3.00 bits per heavy atom.